The fourth-order valence-electron chi connectivity index (χ4n) is 6.21. The maximum absolute atomic E-state index is 13.1. The van der Waals surface area contributed by atoms with Crippen LogP contribution in [0.3, 0.4) is 0 Å². The highest BCUT2D eigenvalue weighted by atomic mass is 16.2. The van der Waals surface area contributed by atoms with Gasteiger partial charge in [0.2, 0.25) is 5.91 Å². The third-order valence-corrected chi connectivity index (χ3v) is 6.87. The maximum Gasteiger partial charge on any atom is 0.230 e. The van der Waals surface area contributed by atoms with Crippen LogP contribution in [0.5, 0.6) is 0 Å². The molecular weight excluding hydrogens is 284 g/mol. The van der Waals surface area contributed by atoms with E-state index in [-0.39, 0.29) is 5.41 Å². The van der Waals surface area contributed by atoms with Gasteiger partial charge in [0, 0.05) is 12.2 Å². The topological polar surface area (TPSA) is 41.1 Å². The molecule has 5 aliphatic rings. The van der Waals surface area contributed by atoms with Crippen molar-refractivity contribution >= 4 is 11.6 Å². The number of anilines is 1. The van der Waals surface area contributed by atoms with E-state index in [4.69, 9.17) is 0 Å². The number of fused-ring (bicyclic) bond motifs is 1. The minimum Gasteiger partial charge on any atom is -0.326 e. The molecule has 0 spiro atoms. The molecular formula is C20H26N2O. The van der Waals surface area contributed by atoms with Gasteiger partial charge in [-0.25, -0.2) is 0 Å². The van der Waals surface area contributed by atoms with Crippen molar-refractivity contribution in [2.75, 3.05) is 11.9 Å². The van der Waals surface area contributed by atoms with Crippen molar-refractivity contribution in [1.29, 1.82) is 0 Å². The average Bonchev–Trinajstić information content (AvgIpc) is 2.53. The molecule has 1 amide bonds. The van der Waals surface area contributed by atoms with Crippen LogP contribution in [0.4, 0.5) is 5.69 Å². The molecule has 3 heteroatoms. The molecule has 122 valence electrons. The molecule has 0 radical (unpaired) electrons. The Kier molecular flexibility index (Phi) is 3.09. The van der Waals surface area contributed by atoms with E-state index in [0.29, 0.717) is 5.91 Å². The van der Waals surface area contributed by atoms with Crippen LogP contribution in [0.15, 0.2) is 18.2 Å². The standard InChI is InChI=1S/C20H26N2O/c23-19(20-9-13-5-14(10-20)7-15(6-13)11-20)22-18-2-1-16-3-4-21-12-17(16)8-18/h1-2,8,13-15,21H,3-7,9-12H2,(H,22,23). The monoisotopic (exact) mass is 310 g/mol. The first-order valence-electron chi connectivity index (χ1n) is 9.34. The number of carbonyl (C=O) groups is 1. The van der Waals surface area contributed by atoms with Crippen LogP contribution < -0.4 is 10.6 Å². The summed E-state index contributed by atoms with van der Waals surface area (Å²) in [6.07, 6.45) is 8.66. The normalized spacial score (nSPS) is 37.5. The summed E-state index contributed by atoms with van der Waals surface area (Å²) < 4.78 is 0. The second-order valence-corrected chi connectivity index (χ2v) is 8.56. The van der Waals surface area contributed by atoms with E-state index in [1.165, 1.54) is 30.4 Å². The van der Waals surface area contributed by atoms with Crippen LogP contribution in [0.1, 0.15) is 49.7 Å². The van der Waals surface area contributed by atoms with Crippen molar-refractivity contribution in [3.63, 3.8) is 0 Å². The minimum absolute atomic E-state index is 0.0527. The van der Waals surface area contributed by atoms with E-state index < -0.39 is 0 Å². The number of hydrogen-bond acceptors (Lipinski definition) is 2. The fourth-order valence-corrected chi connectivity index (χ4v) is 6.21. The van der Waals surface area contributed by atoms with Crippen molar-refractivity contribution < 1.29 is 4.79 Å². The summed E-state index contributed by atoms with van der Waals surface area (Å²) in [5.41, 5.74) is 3.72. The lowest BCUT2D eigenvalue weighted by Crippen LogP contribution is -2.51. The SMILES string of the molecule is O=C(Nc1ccc2c(c1)CNCC2)C12CC3CC(CC(C3)C1)C2. The molecule has 4 bridgehead atoms. The molecule has 4 aliphatic carbocycles. The molecule has 3 nitrogen and oxygen atoms in total. The molecule has 1 aromatic carbocycles. The van der Waals surface area contributed by atoms with E-state index in [0.717, 1.165) is 62.2 Å². The smallest absolute Gasteiger partial charge is 0.230 e. The van der Waals surface area contributed by atoms with E-state index in [2.05, 4.69) is 28.8 Å². The summed E-state index contributed by atoms with van der Waals surface area (Å²) in [5.74, 6) is 2.76. The second kappa shape index (κ2) is 5.07. The molecule has 0 aromatic heterocycles. The van der Waals surface area contributed by atoms with Crippen molar-refractivity contribution in [3.05, 3.63) is 29.3 Å². The van der Waals surface area contributed by atoms with Crippen LogP contribution in [0, 0.1) is 23.2 Å². The zero-order chi connectivity index (χ0) is 15.4. The Labute approximate surface area is 138 Å². The van der Waals surface area contributed by atoms with Crippen molar-refractivity contribution in [3.8, 4) is 0 Å². The van der Waals surface area contributed by atoms with Crippen LogP contribution in [0.2, 0.25) is 0 Å². The fraction of sp³-hybridized carbons (Fsp3) is 0.650. The lowest BCUT2D eigenvalue weighted by Gasteiger charge is -2.55. The lowest BCUT2D eigenvalue weighted by atomic mass is 9.49. The van der Waals surface area contributed by atoms with Gasteiger partial charge in [-0.3, -0.25) is 4.79 Å². The lowest BCUT2D eigenvalue weighted by molar-refractivity contribution is -0.140. The highest BCUT2D eigenvalue weighted by Crippen LogP contribution is 2.60. The van der Waals surface area contributed by atoms with Gasteiger partial charge in [-0.2, -0.15) is 0 Å². The van der Waals surface area contributed by atoms with Gasteiger partial charge in [-0.05, 0) is 92.5 Å². The summed E-state index contributed by atoms with van der Waals surface area (Å²) in [6.45, 7) is 1.99. The van der Waals surface area contributed by atoms with Crippen LogP contribution in [0.25, 0.3) is 0 Å². The molecule has 1 aromatic rings. The van der Waals surface area contributed by atoms with E-state index in [1.54, 1.807) is 0 Å². The molecule has 2 N–H and O–H groups in total. The maximum atomic E-state index is 13.1. The van der Waals surface area contributed by atoms with Gasteiger partial charge in [0.1, 0.15) is 0 Å². The Morgan fingerprint density at radius 2 is 1.74 bits per heavy atom. The van der Waals surface area contributed by atoms with Crippen LogP contribution in [-0.4, -0.2) is 12.5 Å². The number of benzene rings is 1. The molecule has 4 saturated carbocycles. The molecule has 1 heterocycles. The molecule has 23 heavy (non-hydrogen) atoms. The number of rotatable bonds is 2. The van der Waals surface area contributed by atoms with Gasteiger partial charge in [0.25, 0.3) is 0 Å². The highest BCUT2D eigenvalue weighted by molar-refractivity contribution is 5.95. The van der Waals surface area contributed by atoms with E-state index >= 15 is 0 Å². The first-order chi connectivity index (χ1) is 11.2. The van der Waals surface area contributed by atoms with Crippen molar-refractivity contribution in [2.45, 2.75) is 51.5 Å². The third kappa shape index (κ3) is 2.32. The molecule has 4 fully saturated rings. The minimum atomic E-state index is -0.0527. The first kappa shape index (κ1) is 14.0. The number of carbonyl (C=O) groups excluding carboxylic acids is 1. The van der Waals surface area contributed by atoms with Gasteiger partial charge >= 0.3 is 0 Å². The zero-order valence-corrected chi connectivity index (χ0v) is 13.7. The van der Waals surface area contributed by atoms with Gasteiger partial charge in [0.15, 0.2) is 0 Å². The van der Waals surface area contributed by atoms with Gasteiger partial charge in [-0.1, -0.05) is 6.07 Å². The summed E-state index contributed by atoms with van der Waals surface area (Å²) in [6, 6.07) is 6.48. The Balaban J connectivity index is 1.37. The number of hydrogen-bond donors (Lipinski definition) is 2. The van der Waals surface area contributed by atoms with Crippen LogP contribution >= 0.6 is 0 Å². The number of nitrogens with one attached hydrogen (secondary N) is 2. The Morgan fingerprint density at radius 3 is 2.43 bits per heavy atom. The predicted molar refractivity (Wildman–Crippen MR) is 91.1 cm³/mol. The van der Waals surface area contributed by atoms with Gasteiger partial charge < -0.3 is 10.6 Å². The number of amides is 1. The zero-order valence-electron chi connectivity index (χ0n) is 13.7. The van der Waals surface area contributed by atoms with Gasteiger partial charge in [0.05, 0.1) is 5.41 Å². The summed E-state index contributed by atoms with van der Waals surface area (Å²) in [5, 5.41) is 6.70. The second-order valence-electron chi connectivity index (χ2n) is 8.56. The average molecular weight is 310 g/mol. The largest absolute Gasteiger partial charge is 0.326 e. The Hall–Kier alpha value is -1.35. The van der Waals surface area contributed by atoms with E-state index in [9.17, 15) is 4.79 Å². The van der Waals surface area contributed by atoms with Crippen LogP contribution in [-0.2, 0) is 17.8 Å². The molecule has 0 atom stereocenters. The Bertz CT molecular complexity index is 616. The molecule has 1 aliphatic heterocycles. The highest BCUT2D eigenvalue weighted by Gasteiger charge is 2.54. The van der Waals surface area contributed by atoms with Gasteiger partial charge in [-0.15, -0.1) is 0 Å². The Morgan fingerprint density at radius 1 is 1.04 bits per heavy atom. The third-order valence-electron chi connectivity index (χ3n) is 6.87. The predicted octanol–water partition coefficient (Wildman–Crippen LogP) is 3.49. The van der Waals surface area contributed by atoms with E-state index in [1.807, 2.05) is 0 Å². The van der Waals surface area contributed by atoms with Crippen molar-refractivity contribution in [1.82, 2.24) is 5.32 Å². The van der Waals surface area contributed by atoms with Crippen molar-refractivity contribution in [2.24, 2.45) is 23.2 Å². The summed E-state index contributed by atoms with van der Waals surface area (Å²) >= 11 is 0. The summed E-state index contributed by atoms with van der Waals surface area (Å²) in [4.78, 5) is 13.1. The quantitative estimate of drug-likeness (QED) is 0.878. The molecule has 6 rings (SSSR count). The first-order valence-corrected chi connectivity index (χ1v) is 9.34. The molecule has 0 unspecified atom stereocenters. The molecule has 0 saturated heterocycles. The summed E-state index contributed by atoms with van der Waals surface area (Å²) in [7, 11) is 0.